The van der Waals surface area contributed by atoms with E-state index < -0.39 is 10.0 Å². The molecular weight excluding hydrogens is 286 g/mol. The lowest BCUT2D eigenvalue weighted by atomic mass is 10.0. The molecule has 0 amide bonds. The van der Waals surface area contributed by atoms with Gasteiger partial charge in [-0.15, -0.1) is 0 Å². The van der Waals surface area contributed by atoms with Crippen molar-refractivity contribution in [1.82, 2.24) is 4.72 Å². The molecule has 5 heteroatoms. The Morgan fingerprint density at radius 2 is 1.86 bits per heavy atom. The van der Waals surface area contributed by atoms with Gasteiger partial charge in [-0.2, -0.15) is 0 Å². The molecule has 0 spiro atoms. The maximum absolute atomic E-state index is 12.6. The first-order valence-corrected chi connectivity index (χ1v) is 8.92. The topological polar surface area (TPSA) is 55.4 Å². The van der Waals surface area contributed by atoms with Crippen molar-refractivity contribution in [2.24, 2.45) is 0 Å². The minimum atomic E-state index is -3.50. The van der Waals surface area contributed by atoms with Crippen LogP contribution in [0.4, 0.5) is 0 Å². The average molecular weight is 313 g/mol. The van der Waals surface area contributed by atoms with Crippen molar-refractivity contribution in [2.75, 3.05) is 7.11 Å². The monoisotopic (exact) mass is 313 g/mol. The summed E-state index contributed by atoms with van der Waals surface area (Å²) in [5, 5.41) is 0. The number of methoxy groups -OCH3 is 1. The van der Waals surface area contributed by atoms with Crippen molar-refractivity contribution >= 4 is 10.0 Å². The molecule has 1 N–H and O–H groups in total. The van der Waals surface area contributed by atoms with Gasteiger partial charge in [0.05, 0.1) is 12.0 Å². The molecule has 1 aromatic carbocycles. The molecule has 0 aliphatic heterocycles. The maximum Gasteiger partial charge on any atom is 0.241 e. The Labute approximate surface area is 129 Å². The molecule has 1 unspecified atom stereocenters. The molecule has 1 atom stereocenters. The molecule has 21 heavy (non-hydrogen) atoms. The summed E-state index contributed by atoms with van der Waals surface area (Å²) in [6, 6.07) is 3.47. The van der Waals surface area contributed by atoms with Crippen LogP contribution in [-0.2, 0) is 10.0 Å². The molecule has 0 aliphatic rings. The molecule has 0 bridgehead atoms. The van der Waals surface area contributed by atoms with Crippen LogP contribution in [0.2, 0.25) is 0 Å². The fraction of sp³-hybridized carbons (Fsp3) is 0.625. The SMILES string of the molecule is CCCC(C)NS(=O)(=O)c1cc(C(C)C)c(OC)cc1C. The fourth-order valence-corrected chi connectivity index (χ4v) is 3.95. The number of sulfonamides is 1. The second-order valence-electron chi connectivity index (χ2n) is 5.83. The first-order valence-electron chi connectivity index (χ1n) is 7.43. The van der Waals surface area contributed by atoms with E-state index >= 15 is 0 Å². The lowest BCUT2D eigenvalue weighted by molar-refractivity contribution is 0.406. The maximum atomic E-state index is 12.6. The molecular formula is C16H27NO3S. The van der Waals surface area contributed by atoms with Crippen molar-refractivity contribution in [2.45, 2.75) is 64.3 Å². The van der Waals surface area contributed by atoms with Crippen LogP contribution in [0.5, 0.6) is 5.75 Å². The Hall–Kier alpha value is -1.07. The van der Waals surface area contributed by atoms with Crippen LogP contribution in [0.3, 0.4) is 0 Å². The van der Waals surface area contributed by atoms with Crippen molar-refractivity contribution < 1.29 is 13.2 Å². The lowest BCUT2D eigenvalue weighted by Gasteiger charge is -2.18. The van der Waals surface area contributed by atoms with E-state index in [0.717, 1.165) is 24.2 Å². The van der Waals surface area contributed by atoms with Gasteiger partial charge in [-0.1, -0.05) is 27.2 Å². The summed E-state index contributed by atoms with van der Waals surface area (Å²) in [6.07, 6.45) is 1.77. The van der Waals surface area contributed by atoms with Gasteiger partial charge < -0.3 is 4.74 Å². The van der Waals surface area contributed by atoms with Gasteiger partial charge in [-0.05, 0) is 49.4 Å². The molecule has 1 rings (SSSR count). The fourth-order valence-electron chi connectivity index (χ4n) is 2.42. The van der Waals surface area contributed by atoms with Crippen LogP contribution in [0.15, 0.2) is 17.0 Å². The number of rotatable bonds is 7. The van der Waals surface area contributed by atoms with Gasteiger partial charge in [0.1, 0.15) is 5.75 Å². The first kappa shape index (κ1) is 18.0. The molecule has 0 fully saturated rings. The van der Waals surface area contributed by atoms with Crippen LogP contribution in [0.25, 0.3) is 0 Å². The van der Waals surface area contributed by atoms with E-state index in [0.29, 0.717) is 10.5 Å². The van der Waals surface area contributed by atoms with Gasteiger partial charge in [0, 0.05) is 6.04 Å². The van der Waals surface area contributed by atoms with Crippen LogP contribution >= 0.6 is 0 Å². The van der Waals surface area contributed by atoms with E-state index in [1.165, 1.54) is 0 Å². The quantitative estimate of drug-likeness (QED) is 0.837. The van der Waals surface area contributed by atoms with Crippen LogP contribution in [-0.4, -0.2) is 21.6 Å². The predicted molar refractivity (Wildman–Crippen MR) is 86.5 cm³/mol. The van der Waals surface area contributed by atoms with Gasteiger partial charge >= 0.3 is 0 Å². The summed E-state index contributed by atoms with van der Waals surface area (Å²) in [4.78, 5) is 0.343. The van der Waals surface area contributed by atoms with E-state index in [1.807, 2.05) is 27.7 Å². The lowest BCUT2D eigenvalue weighted by Crippen LogP contribution is -2.33. The number of aryl methyl sites for hydroxylation is 1. The number of hydrogen-bond donors (Lipinski definition) is 1. The Morgan fingerprint density at radius 3 is 2.33 bits per heavy atom. The van der Waals surface area contributed by atoms with Crippen LogP contribution in [0, 0.1) is 6.92 Å². The third-order valence-corrected chi connectivity index (χ3v) is 5.25. The first-order chi connectivity index (χ1) is 9.72. The van der Waals surface area contributed by atoms with E-state index in [4.69, 9.17) is 4.74 Å². The van der Waals surface area contributed by atoms with Crippen LogP contribution in [0.1, 0.15) is 57.6 Å². The summed E-state index contributed by atoms with van der Waals surface area (Å²) in [6.45, 7) is 9.78. The summed E-state index contributed by atoms with van der Waals surface area (Å²) >= 11 is 0. The highest BCUT2D eigenvalue weighted by Gasteiger charge is 2.22. The van der Waals surface area contributed by atoms with E-state index in [9.17, 15) is 8.42 Å². The van der Waals surface area contributed by atoms with Gasteiger partial charge in [0.25, 0.3) is 0 Å². The Balaban J connectivity index is 3.26. The van der Waals surface area contributed by atoms with E-state index in [2.05, 4.69) is 4.72 Å². The third-order valence-electron chi connectivity index (χ3n) is 3.52. The molecule has 0 saturated heterocycles. The van der Waals surface area contributed by atoms with Crippen molar-refractivity contribution in [3.63, 3.8) is 0 Å². The predicted octanol–water partition coefficient (Wildman–Crippen LogP) is 3.59. The van der Waals surface area contributed by atoms with Gasteiger partial charge in [0.2, 0.25) is 10.0 Å². The molecule has 0 aromatic heterocycles. The molecule has 4 nitrogen and oxygen atoms in total. The average Bonchev–Trinajstić information content (AvgIpc) is 2.37. The Bertz CT molecular complexity index is 579. The zero-order valence-corrected chi connectivity index (χ0v) is 14.7. The standard InChI is InChI=1S/C16H27NO3S/c1-7-8-13(5)17-21(18,19)16-10-14(11(2)3)15(20-6)9-12(16)4/h9-11,13,17H,7-8H2,1-6H3. The largest absolute Gasteiger partial charge is 0.496 e. The molecule has 1 aromatic rings. The number of hydrogen-bond acceptors (Lipinski definition) is 3. The number of ether oxygens (including phenoxy) is 1. The second kappa shape index (κ2) is 7.27. The van der Waals surface area contributed by atoms with Gasteiger partial charge in [-0.25, -0.2) is 13.1 Å². The summed E-state index contributed by atoms with van der Waals surface area (Å²) < 4.78 is 33.2. The third kappa shape index (κ3) is 4.45. The van der Waals surface area contributed by atoms with Crippen molar-refractivity contribution in [3.05, 3.63) is 23.3 Å². The minimum Gasteiger partial charge on any atom is -0.496 e. The van der Waals surface area contributed by atoms with E-state index in [-0.39, 0.29) is 12.0 Å². The summed E-state index contributed by atoms with van der Waals surface area (Å²) in [7, 11) is -1.89. The molecule has 0 aliphatic carbocycles. The molecule has 120 valence electrons. The highest BCUT2D eigenvalue weighted by molar-refractivity contribution is 7.89. The molecule has 0 saturated carbocycles. The highest BCUT2D eigenvalue weighted by atomic mass is 32.2. The zero-order chi connectivity index (χ0) is 16.2. The normalized spacial score (nSPS) is 13.5. The second-order valence-corrected chi connectivity index (χ2v) is 7.51. The summed E-state index contributed by atoms with van der Waals surface area (Å²) in [5.74, 6) is 0.936. The highest BCUT2D eigenvalue weighted by Crippen LogP contribution is 2.31. The Morgan fingerprint density at radius 1 is 1.24 bits per heavy atom. The zero-order valence-electron chi connectivity index (χ0n) is 13.9. The summed E-state index contributed by atoms with van der Waals surface area (Å²) in [5.41, 5.74) is 1.61. The molecule has 0 heterocycles. The minimum absolute atomic E-state index is 0.0657. The van der Waals surface area contributed by atoms with Crippen molar-refractivity contribution in [1.29, 1.82) is 0 Å². The number of nitrogens with one attached hydrogen (secondary N) is 1. The van der Waals surface area contributed by atoms with E-state index in [1.54, 1.807) is 26.2 Å². The molecule has 0 radical (unpaired) electrons. The van der Waals surface area contributed by atoms with Crippen molar-refractivity contribution in [3.8, 4) is 5.75 Å². The Kier molecular flexibility index (Phi) is 6.23. The smallest absolute Gasteiger partial charge is 0.241 e. The van der Waals surface area contributed by atoms with Gasteiger partial charge in [0.15, 0.2) is 0 Å². The van der Waals surface area contributed by atoms with Crippen LogP contribution < -0.4 is 9.46 Å². The van der Waals surface area contributed by atoms with Gasteiger partial charge in [-0.3, -0.25) is 0 Å². The number of benzene rings is 1.